The molecule has 0 saturated carbocycles. The number of hydrogen-bond acceptors (Lipinski definition) is 2. The van der Waals surface area contributed by atoms with Crippen molar-refractivity contribution in [2.75, 3.05) is 0 Å². The van der Waals surface area contributed by atoms with Gasteiger partial charge in [0.15, 0.2) is 0 Å². The maximum Gasteiger partial charge on any atom is 0.244 e. The molecule has 0 aromatic rings. The Hall–Kier alpha value is -1.58. The Labute approximate surface area is 109 Å². The van der Waals surface area contributed by atoms with Gasteiger partial charge in [0.25, 0.3) is 0 Å². The van der Waals surface area contributed by atoms with Gasteiger partial charge in [-0.2, -0.15) is 0 Å². The number of primary amides is 2. The zero-order valence-corrected chi connectivity index (χ0v) is 11.4. The van der Waals surface area contributed by atoms with E-state index in [0.717, 1.165) is 38.5 Å². The standard InChI is InChI=1S/C14H24N2O2/c1-3-11(13(15)17)9-7-5-6-8-10-12(4-2)14(16)18/h3-4H,5-10H2,1-2H3,(H2,15,17)(H2,16,18). The van der Waals surface area contributed by atoms with Crippen LogP contribution in [0.15, 0.2) is 23.3 Å². The van der Waals surface area contributed by atoms with Crippen LogP contribution in [-0.4, -0.2) is 11.8 Å². The van der Waals surface area contributed by atoms with Gasteiger partial charge in [-0.3, -0.25) is 9.59 Å². The van der Waals surface area contributed by atoms with Crippen LogP contribution in [-0.2, 0) is 9.59 Å². The Kier molecular flexibility index (Phi) is 8.62. The first kappa shape index (κ1) is 16.4. The molecule has 4 heteroatoms. The molecular formula is C14H24N2O2. The molecule has 0 bridgehead atoms. The average molecular weight is 252 g/mol. The van der Waals surface area contributed by atoms with E-state index in [1.54, 1.807) is 12.2 Å². The Balaban J connectivity index is 3.70. The van der Waals surface area contributed by atoms with Crippen molar-refractivity contribution in [3.63, 3.8) is 0 Å². The van der Waals surface area contributed by atoms with E-state index in [1.807, 2.05) is 13.8 Å². The van der Waals surface area contributed by atoms with Crippen LogP contribution in [0.2, 0.25) is 0 Å². The van der Waals surface area contributed by atoms with Crippen LogP contribution in [0.1, 0.15) is 52.4 Å². The lowest BCUT2D eigenvalue weighted by Gasteiger charge is -2.04. The van der Waals surface area contributed by atoms with Gasteiger partial charge in [-0.05, 0) is 39.5 Å². The summed E-state index contributed by atoms with van der Waals surface area (Å²) in [7, 11) is 0. The number of nitrogens with two attached hydrogens (primary N) is 2. The third-order valence-corrected chi connectivity index (χ3v) is 2.97. The summed E-state index contributed by atoms with van der Waals surface area (Å²) in [5.74, 6) is -0.662. The fraction of sp³-hybridized carbons (Fsp3) is 0.571. The van der Waals surface area contributed by atoms with Gasteiger partial charge in [-0.25, -0.2) is 0 Å². The van der Waals surface area contributed by atoms with Crippen LogP contribution in [0, 0.1) is 0 Å². The zero-order chi connectivity index (χ0) is 14.0. The van der Waals surface area contributed by atoms with Gasteiger partial charge in [-0.15, -0.1) is 0 Å². The van der Waals surface area contributed by atoms with Crippen LogP contribution >= 0.6 is 0 Å². The third-order valence-electron chi connectivity index (χ3n) is 2.97. The highest BCUT2D eigenvalue weighted by Gasteiger charge is 2.04. The number of unbranched alkanes of at least 4 members (excludes halogenated alkanes) is 3. The van der Waals surface area contributed by atoms with Crippen molar-refractivity contribution in [3.05, 3.63) is 23.3 Å². The van der Waals surface area contributed by atoms with Crippen molar-refractivity contribution >= 4 is 11.8 Å². The average Bonchev–Trinajstić information content (AvgIpc) is 2.32. The lowest BCUT2D eigenvalue weighted by molar-refractivity contribution is -0.115. The molecule has 2 amide bonds. The molecule has 0 unspecified atom stereocenters. The highest BCUT2D eigenvalue weighted by atomic mass is 16.1. The number of allylic oxidation sites excluding steroid dienone is 2. The number of amides is 2. The van der Waals surface area contributed by atoms with E-state index < -0.39 is 0 Å². The topological polar surface area (TPSA) is 86.2 Å². The number of hydrogen-bond donors (Lipinski definition) is 2. The molecular weight excluding hydrogens is 228 g/mol. The van der Waals surface area contributed by atoms with Crippen molar-refractivity contribution in [2.45, 2.75) is 52.4 Å². The van der Waals surface area contributed by atoms with E-state index in [4.69, 9.17) is 11.5 Å². The Morgan fingerprint density at radius 3 is 1.33 bits per heavy atom. The van der Waals surface area contributed by atoms with E-state index in [2.05, 4.69) is 0 Å². The van der Waals surface area contributed by atoms with E-state index in [-0.39, 0.29) is 11.8 Å². The molecule has 0 aromatic heterocycles. The molecule has 0 aliphatic rings. The van der Waals surface area contributed by atoms with Gasteiger partial charge in [0.2, 0.25) is 11.8 Å². The molecule has 0 saturated heterocycles. The normalized spacial score (nSPS) is 12.6. The summed E-state index contributed by atoms with van der Waals surface area (Å²) in [6.45, 7) is 3.65. The number of carbonyl (C=O) groups is 2. The molecule has 102 valence electrons. The second kappa shape index (κ2) is 9.45. The summed E-state index contributed by atoms with van der Waals surface area (Å²) < 4.78 is 0. The van der Waals surface area contributed by atoms with E-state index in [1.165, 1.54) is 0 Å². The molecule has 0 heterocycles. The second-order valence-electron chi connectivity index (χ2n) is 4.27. The minimum absolute atomic E-state index is 0.331. The lowest BCUT2D eigenvalue weighted by Crippen LogP contribution is -2.14. The summed E-state index contributed by atoms with van der Waals surface area (Å²) in [6, 6.07) is 0. The fourth-order valence-corrected chi connectivity index (χ4v) is 1.80. The van der Waals surface area contributed by atoms with Gasteiger partial charge < -0.3 is 11.5 Å². The number of carbonyl (C=O) groups excluding carboxylic acids is 2. The predicted octanol–water partition coefficient (Wildman–Crippen LogP) is 2.19. The molecule has 0 atom stereocenters. The summed E-state index contributed by atoms with van der Waals surface area (Å²) >= 11 is 0. The van der Waals surface area contributed by atoms with Crippen LogP contribution < -0.4 is 11.5 Å². The zero-order valence-electron chi connectivity index (χ0n) is 11.4. The molecule has 0 aromatic carbocycles. The smallest absolute Gasteiger partial charge is 0.244 e. The van der Waals surface area contributed by atoms with Crippen LogP contribution in [0.3, 0.4) is 0 Å². The first-order valence-electron chi connectivity index (χ1n) is 6.42. The molecule has 0 spiro atoms. The Morgan fingerprint density at radius 1 is 0.778 bits per heavy atom. The molecule has 0 aliphatic heterocycles. The van der Waals surface area contributed by atoms with Crippen LogP contribution in [0.4, 0.5) is 0 Å². The van der Waals surface area contributed by atoms with Crippen molar-refractivity contribution in [3.8, 4) is 0 Å². The summed E-state index contributed by atoms with van der Waals surface area (Å²) in [4.78, 5) is 21.9. The largest absolute Gasteiger partial charge is 0.366 e. The van der Waals surface area contributed by atoms with Crippen molar-refractivity contribution in [1.29, 1.82) is 0 Å². The highest BCUT2D eigenvalue weighted by molar-refractivity contribution is 5.92. The maximum absolute atomic E-state index is 10.9. The predicted molar refractivity (Wildman–Crippen MR) is 73.6 cm³/mol. The molecule has 0 aliphatic carbocycles. The van der Waals surface area contributed by atoms with Gasteiger partial charge in [0.05, 0.1) is 0 Å². The van der Waals surface area contributed by atoms with E-state index >= 15 is 0 Å². The van der Waals surface area contributed by atoms with E-state index in [0.29, 0.717) is 11.1 Å². The molecule has 0 radical (unpaired) electrons. The van der Waals surface area contributed by atoms with E-state index in [9.17, 15) is 9.59 Å². The first-order valence-corrected chi connectivity index (χ1v) is 6.42. The van der Waals surface area contributed by atoms with Crippen LogP contribution in [0.5, 0.6) is 0 Å². The molecule has 4 nitrogen and oxygen atoms in total. The monoisotopic (exact) mass is 252 g/mol. The fourth-order valence-electron chi connectivity index (χ4n) is 1.80. The lowest BCUT2D eigenvalue weighted by atomic mass is 10.0. The van der Waals surface area contributed by atoms with Gasteiger partial charge in [-0.1, -0.05) is 25.0 Å². The molecule has 18 heavy (non-hydrogen) atoms. The van der Waals surface area contributed by atoms with Gasteiger partial charge >= 0.3 is 0 Å². The SMILES string of the molecule is CC=C(CCCCCCC(=CC)C(N)=O)C(N)=O. The summed E-state index contributed by atoms with van der Waals surface area (Å²) in [6.07, 6.45) is 8.96. The molecule has 0 rings (SSSR count). The minimum Gasteiger partial charge on any atom is -0.366 e. The molecule has 0 fully saturated rings. The first-order chi connectivity index (χ1) is 8.52. The Morgan fingerprint density at radius 2 is 1.11 bits per heavy atom. The number of rotatable bonds is 9. The third kappa shape index (κ3) is 6.89. The van der Waals surface area contributed by atoms with Gasteiger partial charge in [0.1, 0.15) is 0 Å². The molecule has 4 N–H and O–H groups in total. The van der Waals surface area contributed by atoms with Crippen molar-refractivity contribution < 1.29 is 9.59 Å². The van der Waals surface area contributed by atoms with Crippen LogP contribution in [0.25, 0.3) is 0 Å². The van der Waals surface area contributed by atoms with Gasteiger partial charge in [0, 0.05) is 11.1 Å². The summed E-state index contributed by atoms with van der Waals surface area (Å²) in [5, 5.41) is 0. The second-order valence-corrected chi connectivity index (χ2v) is 4.27. The summed E-state index contributed by atoms with van der Waals surface area (Å²) in [5.41, 5.74) is 11.8. The van der Waals surface area contributed by atoms with Crippen molar-refractivity contribution in [2.24, 2.45) is 11.5 Å². The Bertz CT molecular complexity index is 310. The van der Waals surface area contributed by atoms with Crippen molar-refractivity contribution in [1.82, 2.24) is 0 Å². The maximum atomic E-state index is 10.9. The highest BCUT2D eigenvalue weighted by Crippen LogP contribution is 2.13. The quantitative estimate of drug-likeness (QED) is 0.487. The minimum atomic E-state index is -0.331.